The lowest BCUT2D eigenvalue weighted by Crippen LogP contribution is -2.57. The van der Waals surface area contributed by atoms with Crippen molar-refractivity contribution in [3.63, 3.8) is 0 Å². The van der Waals surface area contributed by atoms with Crippen LogP contribution in [0.15, 0.2) is 22.8 Å². The minimum Gasteiger partial charge on any atom is -0.459 e. The third kappa shape index (κ3) is 4.01. The predicted molar refractivity (Wildman–Crippen MR) is 131 cm³/mol. The molecule has 0 radical (unpaired) electrons. The van der Waals surface area contributed by atoms with E-state index in [0.717, 1.165) is 23.2 Å². The van der Waals surface area contributed by atoms with Crippen LogP contribution in [0.25, 0.3) is 0 Å². The summed E-state index contributed by atoms with van der Waals surface area (Å²) in [7, 11) is 0. The Bertz CT molecular complexity index is 1150. The van der Waals surface area contributed by atoms with E-state index in [-0.39, 0.29) is 23.5 Å². The molecule has 6 nitrogen and oxygen atoms in total. The fourth-order valence-corrected chi connectivity index (χ4v) is 5.60. The van der Waals surface area contributed by atoms with Gasteiger partial charge in [0.15, 0.2) is 5.76 Å². The first-order valence-electron chi connectivity index (χ1n) is 12.5. The summed E-state index contributed by atoms with van der Waals surface area (Å²) in [5.41, 5.74) is 6.20. The van der Waals surface area contributed by atoms with Gasteiger partial charge in [0.05, 0.1) is 35.8 Å². The molecular formula is C28H35N3O3. The quantitative estimate of drug-likeness (QED) is 0.628. The molecule has 1 saturated carbocycles. The summed E-state index contributed by atoms with van der Waals surface area (Å²) < 4.78 is 11.7. The molecule has 2 aromatic rings. The number of ether oxygens (including phenoxy) is 1. The number of nitrogens with zero attached hydrogens (tertiary/aromatic N) is 3. The third-order valence-electron chi connectivity index (χ3n) is 7.75. The zero-order valence-corrected chi connectivity index (χ0v) is 21.0. The van der Waals surface area contributed by atoms with Gasteiger partial charge in [-0.25, -0.2) is 0 Å². The van der Waals surface area contributed by atoms with Gasteiger partial charge in [-0.15, -0.1) is 0 Å². The van der Waals surface area contributed by atoms with Crippen molar-refractivity contribution in [1.82, 2.24) is 4.90 Å². The topological polar surface area (TPSA) is 69.7 Å². The van der Waals surface area contributed by atoms with E-state index in [4.69, 9.17) is 9.15 Å². The highest BCUT2D eigenvalue weighted by atomic mass is 16.5. The number of piperazine rings is 1. The molecule has 1 aromatic carbocycles. The van der Waals surface area contributed by atoms with E-state index < -0.39 is 0 Å². The van der Waals surface area contributed by atoms with E-state index >= 15 is 0 Å². The van der Waals surface area contributed by atoms with Crippen molar-refractivity contribution in [3.8, 4) is 6.07 Å². The third-order valence-corrected chi connectivity index (χ3v) is 7.75. The number of amides is 1. The van der Waals surface area contributed by atoms with Crippen LogP contribution in [0.3, 0.4) is 0 Å². The highest BCUT2D eigenvalue weighted by Gasteiger charge is 2.39. The van der Waals surface area contributed by atoms with Crippen molar-refractivity contribution < 1.29 is 13.9 Å². The number of anilines is 1. The van der Waals surface area contributed by atoms with Gasteiger partial charge in [0.25, 0.3) is 5.91 Å². The van der Waals surface area contributed by atoms with E-state index in [1.165, 1.54) is 29.5 Å². The molecule has 1 atom stereocenters. The minimum absolute atomic E-state index is 0.0376. The fourth-order valence-electron chi connectivity index (χ4n) is 5.60. The zero-order valence-electron chi connectivity index (χ0n) is 21.0. The lowest BCUT2D eigenvalue weighted by molar-refractivity contribution is -0.0405. The SMILES string of the molecule is Cc1ccoc1C(=O)N1CCN(c2cc(C3CC3)c3c(c2C#N)CC(C)(C)OC3)C[C@H]1C(C)C. The average Bonchev–Trinajstić information content (AvgIpc) is 3.56. The van der Waals surface area contributed by atoms with Gasteiger partial charge in [-0.1, -0.05) is 13.8 Å². The molecule has 0 unspecified atom stereocenters. The maximum atomic E-state index is 13.3. The molecule has 3 heterocycles. The van der Waals surface area contributed by atoms with Crippen molar-refractivity contribution in [3.05, 3.63) is 52.0 Å². The van der Waals surface area contributed by atoms with Crippen LogP contribution in [0.5, 0.6) is 0 Å². The summed E-state index contributed by atoms with van der Waals surface area (Å²) in [4.78, 5) is 17.6. The molecule has 3 aliphatic rings. The first kappa shape index (κ1) is 23.0. The van der Waals surface area contributed by atoms with Gasteiger partial charge in [0.2, 0.25) is 0 Å². The van der Waals surface area contributed by atoms with Crippen molar-refractivity contribution in [1.29, 1.82) is 5.26 Å². The number of furan rings is 1. The van der Waals surface area contributed by atoms with Crippen molar-refractivity contribution in [2.75, 3.05) is 24.5 Å². The number of hydrogen-bond donors (Lipinski definition) is 0. The van der Waals surface area contributed by atoms with Crippen LogP contribution >= 0.6 is 0 Å². The molecule has 0 bridgehead atoms. The smallest absolute Gasteiger partial charge is 0.290 e. The molecule has 34 heavy (non-hydrogen) atoms. The van der Waals surface area contributed by atoms with Crippen molar-refractivity contribution in [2.45, 2.75) is 78.0 Å². The second-order valence-corrected chi connectivity index (χ2v) is 11.1. The average molecular weight is 462 g/mol. The van der Waals surface area contributed by atoms with Gasteiger partial charge in [-0.05, 0) is 74.3 Å². The number of carbonyl (C=O) groups is 1. The number of nitriles is 1. The summed E-state index contributed by atoms with van der Waals surface area (Å²) in [6.07, 6.45) is 4.75. The Hall–Kier alpha value is -2.78. The Morgan fingerprint density at radius 3 is 2.62 bits per heavy atom. The molecule has 2 fully saturated rings. The fraction of sp³-hybridized carbons (Fsp3) is 0.571. The molecule has 6 heteroatoms. The van der Waals surface area contributed by atoms with Crippen LogP contribution < -0.4 is 4.90 Å². The standard InChI is InChI=1S/C28H35N3O3/c1-17(2)25-15-30(9-10-31(25)27(32)26-18(3)8-11-33-26)24-12-20(19-6-7-19)23-16-34-28(4,5)13-21(23)22(24)14-29/h8,11-12,17,19,25H,6-7,9-10,13,15-16H2,1-5H3/t25-/m0/s1. The number of fused-ring (bicyclic) bond motifs is 1. The van der Waals surface area contributed by atoms with E-state index in [9.17, 15) is 10.1 Å². The summed E-state index contributed by atoms with van der Waals surface area (Å²) in [6, 6.07) is 6.70. The summed E-state index contributed by atoms with van der Waals surface area (Å²) >= 11 is 0. The molecule has 1 amide bonds. The van der Waals surface area contributed by atoms with Crippen LogP contribution in [0.1, 0.15) is 84.8 Å². The van der Waals surface area contributed by atoms with Gasteiger partial charge < -0.3 is 19.0 Å². The Kier molecular flexibility index (Phi) is 5.72. The van der Waals surface area contributed by atoms with Crippen molar-refractivity contribution in [2.24, 2.45) is 5.92 Å². The second-order valence-electron chi connectivity index (χ2n) is 11.1. The van der Waals surface area contributed by atoms with Gasteiger partial charge in [0, 0.05) is 31.6 Å². The molecule has 1 aliphatic carbocycles. The molecule has 0 N–H and O–H groups in total. The summed E-state index contributed by atoms with van der Waals surface area (Å²) in [5.74, 6) is 1.25. The lowest BCUT2D eigenvalue weighted by Gasteiger charge is -2.45. The predicted octanol–water partition coefficient (Wildman–Crippen LogP) is 5.18. The Morgan fingerprint density at radius 1 is 1.24 bits per heavy atom. The number of benzene rings is 1. The molecule has 1 aromatic heterocycles. The van der Waals surface area contributed by atoms with E-state index in [2.05, 4.69) is 44.7 Å². The summed E-state index contributed by atoms with van der Waals surface area (Å²) in [5, 5.41) is 10.3. The molecule has 5 rings (SSSR count). The van der Waals surface area contributed by atoms with E-state index in [0.29, 0.717) is 37.9 Å². The largest absolute Gasteiger partial charge is 0.459 e. The van der Waals surface area contributed by atoms with Crippen LogP contribution in [0, 0.1) is 24.2 Å². The molecular weight excluding hydrogens is 426 g/mol. The van der Waals surface area contributed by atoms with Crippen LogP contribution in [-0.4, -0.2) is 42.1 Å². The van der Waals surface area contributed by atoms with Gasteiger partial charge in [0.1, 0.15) is 6.07 Å². The molecule has 180 valence electrons. The van der Waals surface area contributed by atoms with E-state index in [1.54, 1.807) is 6.26 Å². The Morgan fingerprint density at radius 2 is 2.00 bits per heavy atom. The Balaban J connectivity index is 1.51. The maximum Gasteiger partial charge on any atom is 0.290 e. The van der Waals surface area contributed by atoms with Gasteiger partial charge >= 0.3 is 0 Å². The number of rotatable bonds is 4. The molecule has 1 saturated heterocycles. The first-order valence-corrected chi connectivity index (χ1v) is 12.5. The molecule has 0 spiro atoms. The van der Waals surface area contributed by atoms with Crippen LogP contribution in [0.2, 0.25) is 0 Å². The minimum atomic E-state index is -0.273. The second kappa shape index (κ2) is 8.46. The number of hydrogen-bond acceptors (Lipinski definition) is 5. The number of aryl methyl sites for hydroxylation is 1. The zero-order chi connectivity index (χ0) is 24.2. The van der Waals surface area contributed by atoms with E-state index in [1.807, 2.05) is 17.9 Å². The number of carbonyl (C=O) groups excluding carboxylic acids is 1. The van der Waals surface area contributed by atoms with Crippen molar-refractivity contribution >= 4 is 11.6 Å². The monoisotopic (exact) mass is 461 g/mol. The first-order chi connectivity index (χ1) is 16.2. The normalized spacial score (nSPS) is 22.0. The summed E-state index contributed by atoms with van der Waals surface area (Å²) in [6.45, 7) is 13.1. The van der Waals surface area contributed by atoms with Crippen LogP contribution in [0.4, 0.5) is 5.69 Å². The van der Waals surface area contributed by atoms with Crippen LogP contribution in [-0.2, 0) is 17.8 Å². The molecule has 2 aliphatic heterocycles. The highest BCUT2D eigenvalue weighted by Crippen LogP contribution is 2.47. The van der Waals surface area contributed by atoms with Gasteiger partial charge in [-0.3, -0.25) is 4.79 Å². The highest BCUT2D eigenvalue weighted by molar-refractivity contribution is 5.93. The maximum absolute atomic E-state index is 13.3. The Labute approximate surface area is 202 Å². The van der Waals surface area contributed by atoms with Gasteiger partial charge in [-0.2, -0.15) is 5.26 Å². The lowest BCUT2D eigenvalue weighted by atomic mass is 9.83.